The first-order valence-electron chi connectivity index (χ1n) is 16.3. The van der Waals surface area contributed by atoms with Crippen LogP contribution < -0.4 is 0 Å². The second-order valence-corrected chi connectivity index (χ2v) is 13.6. The molecule has 2 aromatic heterocycles. The minimum absolute atomic E-state index is 0.0763. The largest absolute Gasteiger partial charge is 0.456 e. The van der Waals surface area contributed by atoms with E-state index in [0.29, 0.717) is 0 Å². The highest BCUT2D eigenvalue weighted by molar-refractivity contribution is 6.26. The van der Waals surface area contributed by atoms with Gasteiger partial charge in [-0.3, -0.25) is 0 Å². The predicted molar refractivity (Wildman–Crippen MR) is 190 cm³/mol. The van der Waals surface area contributed by atoms with E-state index in [4.69, 9.17) is 8.83 Å². The smallest absolute Gasteiger partial charge is 0.139 e. The molecule has 2 aliphatic carbocycles. The van der Waals surface area contributed by atoms with Crippen molar-refractivity contribution in [1.82, 2.24) is 0 Å². The van der Waals surface area contributed by atoms with E-state index in [1.54, 1.807) is 0 Å². The molecular formula is C44H32O2. The number of benzene rings is 6. The van der Waals surface area contributed by atoms with Crippen LogP contribution in [0.15, 0.2) is 154 Å². The van der Waals surface area contributed by atoms with Gasteiger partial charge in [0.2, 0.25) is 0 Å². The molecule has 4 unspecified atom stereocenters. The van der Waals surface area contributed by atoms with Crippen molar-refractivity contribution in [2.45, 2.75) is 25.7 Å². The summed E-state index contributed by atoms with van der Waals surface area (Å²) in [6.45, 7) is 4.93. The van der Waals surface area contributed by atoms with Gasteiger partial charge >= 0.3 is 0 Å². The van der Waals surface area contributed by atoms with Crippen molar-refractivity contribution in [1.29, 1.82) is 0 Å². The Morgan fingerprint density at radius 3 is 1.91 bits per heavy atom. The third kappa shape index (κ3) is 3.26. The van der Waals surface area contributed by atoms with Crippen LogP contribution in [-0.2, 0) is 0 Å². The second-order valence-electron chi connectivity index (χ2n) is 13.6. The Labute approximate surface area is 267 Å². The lowest BCUT2D eigenvalue weighted by atomic mass is 9.45. The maximum atomic E-state index is 6.91. The SMILES string of the molecule is CC12C=CC=CC1(C)C(c1cccc3c1oc1ccc4oc5ccccc5c4c13)c1ccccc1C2c1ccc2ccccc2c1. The first-order valence-corrected chi connectivity index (χ1v) is 16.3. The maximum absolute atomic E-state index is 6.91. The zero-order valence-corrected chi connectivity index (χ0v) is 25.8. The van der Waals surface area contributed by atoms with Crippen LogP contribution in [-0.4, -0.2) is 0 Å². The van der Waals surface area contributed by atoms with Crippen molar-refractivity contribution in [2.75, 3.05) is 0 Å². The molecule has 0 aliphatic heterocycles. The Bertz CT molecular complexity index is 2590. The van der Waals surface area contributed by atoms with Gasteiger partial charge in [0.1, 0.15) is 22.3 Å². The Hall–Kier alpha value is -5.34. The van der Waals surface area contributed by atoms with Crippen molar-refractivity contribution in [2.24, 2.45) is 10.8 Å². The van der Waals surface area contributed by atoms with Gasteiger partial charge in [-0.15, -0.1) is 0 Å². The van der Waals surface area contributed by atoms with Gasteiger partial charge < -0.3 is 8.83 Å². The van der Waals surface area contributed by atoms with Gasteiger partial charge in [-0.05, 0) is 45.7 Å². The molecule has 0 spiro atoms. The van der Waals surface area contributed by atoms with Crippen molar-refractivity contribution < 1.29 is 8.83 Å². The molecule has 0 bridgehead atoms. The Kier molecular flexibility index (Phi) is 5.14. The standard InChI is InChI=1S/C44H32O2/c1-43-24-9-10-25-44(43,2)41(31-15-6-5-14-30(31)40(43)29-21-20-27-12-3-4-13-28(27)26-29)34-18-11-17-33-39-37(46-42(33)34)23-22-36-38(39)32-16-7-8-19-35(32)45-36/h3-26,40-41H,1-2H3. The Morgan fingerprint density at radius 2 is 1.09 bits per heavy atom. The molecule has 220 valence electrons. The molecule has 2 aliphatic rings. The first kappa shape index (κ1) is 25.9. The zero-order chi connectivity index (χ0) is 30.6. The highest BCUT2D eigenvalue weighted by Gasteiger charge is 2.57. The molecule has 6 aromatic carbocycles. The molecule has 0 N–H and O–H groups in total. The first-order chi connectivity index (χ1) is 22.5. The zero-order valence-electron chi connectivity index (χ0n) is 25.8. The molecule has 0 fully saturated rings. The van der Waals surface area contributed by atoms with Crippen LogP contribution in [0.2, 0.25) is 0 Å². The highest BCUT2D eigenvalue weighted by atomic mass is 16.3. The fourth-order valence-electron chi connectivity index (χ4n) is 9.12. The summed E-state index contributed by atoms with van der Waals surface area (Å²) in [4.78, 5) is 0. The van der Waals surface area contributed by atoms with Crippen LogP contribution >= 0.6 is 0 Å². The lowest BCUT2D eigenvalue weighted by Gasteiger charge is -2.58. The maximum Gasteiger partial charge on any atom is 0.139 e. The summed E-state index contributed by atoms with van der Waals surface area (Å²) < 4.78 is 13.2. The van der Waals surface area contributed by atoms with Gasteiger partial charge in [-0.25, -0.2) is 0 Å². The summed E-state index contributed by atoms with van der Waals surface area (Å²) >= 11 is 0. The lowest BCUT2D eigenvalue weighted by molar-refractivity contribution is 0.116. The topological polar surface area (TPSA) is 26.3 Å². The van der Waals surface area contributed by atoms with Gasteiger partial charge in [0, 0.05) is 49.8 Å². The average Bonchev–Trinajstić information content (AvgIpc) is 3.65. The van der Waals surface area contributed by atoms with Crippen LogP contribution in [0.5, 0.6) is 0 Å². The summed E-state index contributed by atoms with van der Waals surface area (Å²) in [5, 5.41) is 7.07. The van der Waals surface area contributed by atoms with E-state index >= 15 is 0 Å². The van der Waals surface area contributed by atoms with Crippen LogP contribution in [0.25, 0.3) is 54.6 Å². The summed E-state index contributed by atoms with van der Waals surface area (Å²) in [6.07, 6.45) is 9.43. The number of fused-ring (bicyclic) bond motifs is 10. The fraction of sp³-hybridized carbons (Fsp3) is 0.136. The molecule has 8 aromatic rings. The van der Waals surface area contributed by atoms with E-state index in [0.717, 1.165) is 43.9 Å². The number of hydrogen-bond acceptors (Lipinski definition) is 2. The van der Waals surface area contributed by atoms with Crippen LogP contribution in [0, 0.1) is 10.8 Å². The highest BCUT2D eigenvalue weighted by Crippen LogP contribution is 2.67. The van der Waals surface area contributed by atoms with Gasteiger partial charge in [0.05, 0.1) is 0 Å². The number of furan rings is 2. The number of allylic oxidation sites excluding steroid dienone is 4. The van der Waals surface area contributed by atoms with Crippen LogP contribution in [0.1, 0.15) is 47.9 Å². The third-order valence-electron chi connectivity index (χ3n) is 11.4. The molecule has 46 heavy (non-hydrogen) atoms. The second kappa shape index (κ2) is 9.11. The average molecular weight is 593 g/mol. The molecule has 10 rings (SSSR count). The van der Waals surface area contributed by atoms with E-state index in [9.17, 15) is 0 Å². The third-order valence-corrected chi connectivity index (χ3v) is 11.4. The number of rotatable bonds is 2. The molecular weight excluding hydrogens is 560 g/mol. The Morgan fingerprint density at radius 1 is 0.478 bits per heavy atom. The van der Waals surface area contributed by atoms with E-state index in [1.165, 1.54) is 33.0 Å². The summed E-state index contributed by atoms with van der Waals surface area (Å²) in [6, 6.07) is 44.0. The number of hydrogen-bond donors (Lipinski definition) is 0. The normalized spacial score (nSPS) is 23.9. The lowest BCUT2D eigenvalue weighted by Crippen LogP contribution is -2.49. The molecule has 0 saturated heterocycles. The molecule has 2 heterocycles. The molecule has 2 nitrogen and oxygen atoms in total. The summed E-state index contributed by atoms with van der Waals surface area (Å²) in [5.41, 5.74) is 8.55. The van der Waals surface area contributed by atoms with Crippen LogP contribution in [0.3, 0.4) is 0 Å². The van der Waals surface area contributed by atoms with E-state index in [-0.39, 0.29) is 22.7 Å². The van der Waals surface area contributed by atoms with Crippen molar-refractivity contribution in [3.05, 3.63) is 168 Å². The van der Waals surface area contributed by atoms with Crippen LogP contribution in [0.4, 0.5) is 0 Å². The van der Waals surface area contributed by atoms with Gasteiger partial charge in [-0.2, -0.15) is 0 Å². The molecule has 0 amide bonds. The fourth-order valence-corrected chi connectivity index (χ4v) is 9.12. The van der Waals surface area contributed by atoms with Gasteiger partial charge in [0.15, 0.2) is 0 Å². The molecule has 2 heteroatoms. The Balaban J connectivity index is 1.27. The van der Waals surface area contributed by atoms with E-state index in [1.807, 2.05) is 12.1 Å². The number of para-hydroxylation sites is 2. The monoisotopic (exact) mass is 592 g/mol. The van der Waals surface area contributed by atoms with Gasteiger partial charge in [-0.1, -0.05) is 141 Å². The molecule has 0 radical (unpaired) electrons. The quantitative estimate of drug-likeness (QED) is 0.200. The minimum atomic E-state index is -0.239. The van der Waals surface area contributed by atoms with Crippen molar-refractivity contribution in [3.8, 4) is 0 Å². The summed E-state index contributed by atoms with van der Waals surface area (Å²) in [5.74, 6) is 0.259. The predicted octanol–water partition coefficient (Wildman–Crippen LogP) is 12.1. The minimum Gasteiger partial charge on any atom is -0.456 e. The van der Waals surface area contributed by atoms with E-state index in [2.05, 4.69) is 147 Å². The van der Waals surface area contributed by atoms with E-state index < -0.39 is 0 Å². The molecule has 4 atom stereocenters. The molecule has 0 saturated carbocycles. The van der Waals surface area contributed by atoms with Gasteiger partial charge in [0.25, 0.3) is 0 Å². The van der Waals surface area contributed by atoms with Crippen molar-refractivity contribution >= 4 is 54.6 Å². The van der Waals surface area contributed by atoms with Crippen molar-refractivity contribution in [3.63, 3.8) is 0 Å². The summed E-state index contributed by atoms with van der Waals surface area (Å²) in [7, 11) is 0.